The van der Waals surface area contributed by atoms with E-state index in [0.717, 1.165) is 25.3 Å². The Kier molecular flexibility index (Phi) is 3.19. The predicted octanol–water partition coefficient (Wildman–Crippen LogP) is 1.08. The molecule has 0 atom stereocenters. The second-order valence-corrected chi connectivity index (χ2v) is 2.79. The highest BCUT2D eigenvalue weighted by atomic mass is 16.6. The zero-order valence-electron chi connectivity index (χ0n) is 8.17. The number of benzene rings is 1. The van der Waals surface area contributed by atoms with Crippen molar-refractivity contribution >= 4 is 17.6 Å². The molecule has 0 spiro atoms. The van der Waals surface area contributed by atoms with Gasteiger partial charge in [-0.2, -0.15) is 0 Å². The lowest BCUT2D eigenvalue weighted by Crippen LogP contribution is -2.07. The maximum atomic E-state index is 11.1. The number of nitrogens with zero attached hydrogens (tertiary/aromatic N) is 1. The van der Waals surface area contributed by atoms with Crippen LogP contribution in [0.3, 0.4) is 0 Å². The number of carbonyl (C=O) groups is 2. The number of aromatic carboxylic acids is 1. The van der Waals surface area contributed by atoms with Crippen LogP contribution in [0.25, 0.3) is 0 Å². The van der Waals surface area contributed by atoms with Crippen LogP contribution in [0.5, 0.6) is 0 Å². The lowest BCUT2D eigenvalue weighted by atomic mass is 10.1. The van der Waals surface area contributed by atoms with Gasteiger partial charge >= 0.3 is 11.9 Å². The lowest BCUT2D eigenvalue weighted by Gasteiger charge is -2.01. The summed E-state index contributed by atoms with van der Waals surface area (Å²) in [6.07, 6.45) is 0. The third kappa shape index (κ3) is 2.14. The average molecular weight is 225 g/mol. The number of hydrogen-bond donors (Lipinski definition) is 1. The molecule has 1 aromatic carbocycles. The fourth-order valence-electron chi connectivity index (χ4n) is 1.11. The molecule has 0 bridgehead atoms. The molecule has 1 N–H and O–H groups in total. The Bertz CT molecular complexity index is 467. The van der Waals surface area contributed by atoms with Gasteiger partial charge in [0.1, 0.15) is 5.56 Å². The van der Waals surface area contributed by atoms with Crippen LogP contribution in [-0.4, -0.2) is 29.1 Å². The van der Waals surface area contributed by atoms with Crippen LogP contribution >= 0.6 is 0 Å². The van der Waals surface area contributed by atoms with E-state index in [4.69, 9.17) is 5.11 Å². The first-order chi connectivity index (χ1) is 7.47. The molecule has 7 heteroatoms. The Balaban J connectivity index is 3.34. The van der Waals surface area contributed by atoms with E-state index in [2.05, 4.69) is 4.74 Å². The number of esters is 1. The van der Waals surface area contributed by atoms with Gasteiger partial charge in [-0.25, -0.2) is 9.59 Å². The molecule has 0 radical (unpaired) electrons. The Morgan fingerprint density at radius 2 is 2.06 bits per heavy atom. The fourth-order valence-corrected chi connectivity index (χ4v) is 1.11. The third-order valence-electron chi connectivity index (χ3n) is 1.84. The van der Waals surface area contributed by atoms with E-state index < -0.39 is 28.1 Å². The predicted molar refractivity (Wildman–Crippen MR) is 51.4 cm³/mol. The van der Waals surface area contributed by atoms with Gasteiger partial charge in [-0.05, 0) is 12.1 Å². The van der Waals surface area contributed by atoms with Crippen molar-refractivity contribution in [3.05, 3.63) is 39.4 Å². The van der Waals surface area contributed by atoms with Gasteiger partial charge in [0.25, 0.3) is 5.69 Å². The zero-order chi connectivity index (χ0) is 12.3. The van der Waals surface area contributed by atoms with E-state index in [-0.39, 0.29) is 5.56 Å². The van der Waals surface area contributed by atoms with Gasteiger partial charge in [-0.15, -0.1) is 0 Å². The van der Waals surface area contributed by atoms with Crippen molar-refractivity contribution in [2.45, 2.75) is 0 Å². The summed E-state index contributed by atoms with van der Waals surface area (Å²) >= 11 is 0. The van der Waals surface area contributed by atoms with Crippen molar-refractivity contribution < 1.29 is 24.4 Å². The van der Waals surface area contributed by atoms with Crippen molar-refractivity contribution in [2.24, 2.45) is 0 Å². The Hall–Kier alpha value is -2.44. The number of ether oxygens (including phenoxy) is 1. The molecular weight excluding hydrogens is 218 g/mol. The molecular formula is C9H7NO6. The summed E-state index contributed by atoms with van der Waals surface area (Å²) < 4.78 is 4.37. The van der Waals surface area contributed by atoms with Crippen molar-refractivity contribution in [2.75, 3.05) is 7.11 Å². The van der Waals surface area contributed by atoms with Crippen LogP contribution in [-0.2, 0) is 4.74 Å². The minimum Gasteiger partial charge on any atom is -0.477 e. The van der Waals surface area contributed by atoms with E-state index in [9.17, 15) is 19.7 Å². The molecule has 84 valence electrons. The van der Waals surface area contributed by atoms with Crippen LogP contribution in [0.4, 0.5) is 5.69 Å². The fraction of sp³-hybridized carbons (Fsp3) is 0.111. The number of nitro benzene ring substituents is 1. The molecule has 16 heavy (non-hydrogen) atoms. The van der Waals surface area contributed by atoms with Gasteiger partial charge in [-0.3, -0.25) is 10.1 Å². The van der Waals surface area contributed by atoms with Crippen molar-refractivity contribution in [3.8, 4) is 0 Å². The SMILES string of the molecule is COC(=O)c1ccc([N+](=O)[O-])c(C(=O)O)c1. The molecule has 7 nitrogen and oxygen atoms in total. The van der Waals surface area contributed by atoms with Crippen molar-refractivity contribution in [3.63, 3.8) is 0 Å². The van der Waals surface area contributed by atoms with Crippen molar-refractivity contribution in [1.82, 2.24) is 0 Å². The quantitative estimate of drug-likeness (QED) is 0.468. The first-order valence-electron chi connectivity index (χ1n) is 4.07. The summed E-state index contributed by atoms with van der Waals surface area (Å²) in [6.45, 7) is 0. The lowest BCUT2D eigenvalue weighted by molar-refractivity contribution is -0.385. The summed E-state index contributed by atoms with van der Waals surface area (Å²) in [5.74, 6) is -2.23. The van der Waals surface area contributed by atoms with E-state index >= 15 is 0 Å². The average Bonchev–Trinajstić information content (AvgIpc) is 2.26. The molecule has 0 aromatic heterocycles. The van der Waals surface area contributed by atoms with Gasteiger partial charge in [0, 0.05) is 6.07 Å². The normalized spacial score (nSPS) is 9.56. The summed E-state index contributed by atoms with van der Waals surface area (Å²) in [7, 11) is 1.13. The van der Waals surface area contributed by atoms with Crippen LogP contribution in [0.2, 0.25) is 0 Å². The number of nitro groups is 1. The second-order valence-electron chi connectivity index (χ2n) is 2.79. The maximum absolute atomic E-state index is 11.1. The molecule has 0 unspecified atom stereocenters. The number of hydrogen-bond acceptors (Lipinski definition) is 5. The van der Waals surface area contributed by atoms with E-state index in [0.29, 0.717) is 0 Å². The van der Waals surface area contributed by atoms with E-state index in [1.54, 1.807) is 0 Å². The highest BCUT2D eigenvalue weighted by molar-refractivity contribution is 5.97. The standard InChI is InChI=1S/C9H7NO6/c1-16-9(13)5-2-3-7(10(14)15)6(4-5)8(11)12/h2-4H,1H3,(H,11,12). The van der Waals surface area contributed by atoms with Gasteiger partial charge < -0.3 is 9.84 Å². The molecule has 0 saturated heterocycles. The number of carbonyl (C=O) groups excluding carboxylic acids is 1. The minimum absolute atomic E-state index is 0.0505. The topological polar surface area (TPSA) is 107 Å². The van der Waals surface area contributed by atoms with Gasteiger partial charge in [-0.1, -0.05) is 0 Å². The Morgan fingerprint density at radius 1 is 1.44 bits per heavy atom. The second kappa shape index (κ2) is 4.39. The van der Waals surface area contributed by atoms with E-state index in [1.807, 2.05) is 0 Å². The Labute approximate surface area is 89.4 Å². The molecule has 1 aromatic rings. The summed E-state index contributed by atoms with van der Waals surface area (Å²) in [4.78, 5) is 31.5. The third-order valence-corrected chi connectivity index (χ3v) is 1.84. The monoisotopic (exact) mass is 225 g/mol. The van der Waals surface area contributed by atoms with Crippen LogP contribution < -0.4 is 0 Å². The molecule has 0 fully saturated rings. The molecule has 0 aliphatic rings. The number of carboxylic acid groups (broad SMARTS) is 1. The molecule has 0 saturated carbocycles. The smallest absolute Gasteiger partial charge is 0.342 e. The Morgan fingerprint density at radius 3 is 2.50 bits per heavy atom. The van der Waals surface area contributed by atoms with Crippen molar-refractivity contribution in [1.29, 1.82) is 0 Å². The number of rotatable bonds is 3. The number of methoxy groups -OCH3 is 1. The molecule has 1 rings (SSSR count). The minimum atomic E-state index is -1.47. The first kappa shape index (κ1) is 11.6. The maximum Gasteiger partial charge on any atom is 0.342 e. The first-order valence-corrected chi connectivity index (χ1v) is 4.07. The molecule has 0 aliphatic heterocycles. The number of carboxylic acids is 1. The van der Waals surface area contributed by atoms with Gasteiger partial charge in [0.2, 0.25) is 0 Å². The van der Waals surface area contributed by atoms with Crippen LogP contribution in [0.15, 0.2) is 18.2 Å². The summed E-state index contributed by atoms with van der Waals surface area (Å²) in [5, 5.41) is 19.2. The summed E-state index contributed by atoms with van der Waals surface area (Å²) in [5.41, 5.74) is -1.17. The highest BCUT2D eigenvalue weighted by Gasteiger charge is 2.21. The largest absolute Gasteiger partial charge is 0.477 e. The molecule has 0 heterocycles. The van der Waals surface area contributed by atoms with Crippen LogP contribution in [0.1, 0.15) is 20.7 Å². The highest BCUT2D eigenvalue weighted by Crippen LogP contribution is 2.20. The van der Waals surface area contributed by atoms with E-state index in [1.165, 1.54) is 0 Å². The van der Waals surface area contributed by atoms with Gasteiger partial charge in [0.05, 0.1) is 17.6 Å². The zero-order valence-corrected chi connectivity index (χ0v) is 8.17. The molecule has 0 amide bonds. The van der Waals surface area contributed by atoms with Crippen LogP contribution in [0, 0.1) is 10.1 Å². The molecule has 0 aliphatic carbocycles. The summed E-state index contributed by atoms with van der Waals surface area (Å²) in [6, 6.07) is 3.00. The van der Waals surface area contributed by atoms with Gasteiger partial charge in [0.15, 0.2) is 0 Å².